The molecular formula is C14H18N4O4. The summed E-state index contributed by atoms with van der Waals surface area (Å²) in [5.74, 6) is 0.732. The Morgan fingerprint density at radius 2 is 2.36 bits per heavy atom. The number of carbonyl (C=O) groups is 1. The van der Waals surface area contributed by atoms with Crippen LogP contribution in [-0.4, -0.2) is 40.5 Å². The lowest BCUT2D eigenvalue weighted by atomic mass is 10.4. The number of rotatable bonds is 7. The van der Waals surface area contributed by atoms with E-state index in [1.165, 1.54) is 10.9 Å². The van der Waals surface area contributed by atoms with E-state index in [1.807, 2.05) is 0 Å². The maximum atomic E-state index is 12.4. The number of methoxy groups -OCH3 is 1. The van der Waals surface area contributed by atoms with Gasteiger partial charge in [0.1, 0.15) is 6.54 Å². The zero-order valence-corrected chi connectivity index (χ0v) is 12.3. The Morgan fingerprint density at radius 3 is 3.00 bits per heavy atom. The third-order valence-corrected chi connectivity index (χ3v) is 3.45. The molecule has 1 aliphatic carbocycles. The molecule has 8 heteroatoms. The molecular weight excluding hydrogens is 288 g/mol. The van der Waals surface area contributed by atoms with Crippen molar-refractivity contribution in [2.75, 3.05) is 20.3 Å². The minimum absolute atomic E-state index is 0.115. The first-order valence-corrected chi connectivity index (χ1v) is 7.19. The Labute approximate surface area is 126 Å². The largest absolute Gasteiger partial charge is 0.461 e. The molecule has 2 heterocycles. The van der Waals surface area contributed by atoms with E-state index in [9.17, 15) is 9.59 Å². The highest BCUT2D eigenvalue weighted by molar-refractivity contribution is 5.75. The molecule has 0 aromatic carbocycles. The first-order valence-electron chi connectivity index (χ1n) is 7.19. The summed E-state index contributed by atoms with van der Waals surface area (Å²) in [4.78, 5) is 24.3. The van der Waals surface area contributed by atoms with Crippen molar-refractivity contribution >= 4 is 5.91 Å². The lowest BCUT2D eigenvalue weighted by Gasteiger charge is -2.03. The molecule has 0 aliphatic heterocycles. The van der Waals surface area contributed by atoms with Gasteiger partial charge >= 0.3 is 5.69 Å². The maximum Gasteiger partial charge on any atom is 0.347 e. The van der Waals surface area contributed by atoms with Crippen LogP contribution in [0.5, 0.6) is 0 Å². The number of nitrogens with one attached hydrogen (secondary N) is 1. The molecule has 0 unspecified atom stereocenters. The third-order valence-electron chi connectivity index (χ3n) is 3.45. The number of hydrogen-bond acceptors (Lipinski definition) is 5. The van der Waals surface area contributed by atoms with Gasteiger partial charge in [0, 0.05) is 19.7 Å². The fourth-order valence-corrected chi connectivity index (χ4v) is 2.24. The quantitative estimate of drug-likeness (QED) is 0.748. The molecule has 1 saturated carbocycles. The van der Waals surface area contributed by atoms with E-state index in [2.05, 4.69) is 10.4 Å². The van der Waals surface area contributed by atoms with Gasteiger partial charge in [-0.3, -0.25) is 9.36 Å². The lowest BCUT2D eigenvalue weighted by Crippen LogP contribution is -2.35. The minimum atomic E-state index is -0.282. The van der Waals surface area contributed by atoms with Crippen molar-refractivity contribution in [2.45, 2.75) is 25.4 Å². The van der Waals surface area contributed by atoms with Gasteiger partial charge in [-0.25, -0.2) is 9.48 Å². The molecule has 118 valence electrons. The lowest BCUT2D eigenvalue weighted by molar-refractivity contribution is -0.122. The van der Waals surface area contributed by atoms with Crippen molar-refractivity contribution < 1.29 is 13.9 Å². The van der Waals surface area contributed by atoms with Crippen LogP contribution in [0.25, 0.3) is 11.6 Å². The van der Waals surface area contributed by atoms with Gasteiger partial charge in [-0.2, -0.15) is 0 Å². The second-order valence-electron chi connectivity index (χ2n) is 5.19. The number of amides is 1. The molecule has 1 fully saturated rings. The van der Waals surface area contributed by atoms with Crippen LogP contribution in [0.3, 0.4) is 0 Å². The smallest absolute Gasteiger partial charge is 0.347 e. The SMILES string of the molecule is COCCNC(=O)Cn1nc(-c2ccco2)n(C2CC2)c1=O. The number of ether oxygens (including phenoxy) is 1. The van der Waals surface area contributed by atoms with Crippen LogP contribution < -0.4 is 11.0 Å². The highest BCUT2D eigenvalue weighted by atomic mass is 16.5. The molecule has 1 aliphatic rings. The number of furan rings is 1. The summed E-state index contributed by atoms with van der Waals surface area (Å²) in [7, 11) is 1.56. The minimum Gasteiger partial charge on any atom is -0.461 e. The van der Waals surface area contributed by atoms with Gasteiger partial charge in [0.2, 0.25) is 11.7 Å². The van der Waals surface area contributed by atoms with Crippen molar-refractivity contribution in [3.63, 3.8) is 0 Å². The highest BCUT2D eigenvalue weighted by Gasteiger charge is 2.31. The van der Waals surface area contributed by atoms with Gasteiger partial charge in [0.05, 0.1) is 12.9 Å². The van der Waals surface area contributed by atoms with Gasteiger partial charge in [-0.1, -0.05) is 0 Å². The standard InChI is InChI=1S/C14H18N4O4/c1-21-8-6-15-12(19)9-17-14(20)18(10-4-5-10)13(16-17)11-3-2-7-22-11/h2-3,7,10H,4-6,8-9H2,1H3,(H,15,19). The summed E-state index contributed by atoms with van der Waals surface area (Å²) in [5.41, 5.74) is -0.282. The van der Waals surface area contributed by atoms with Gasteiger partial charge in [0.25, 0.3) is 0 Å². The van der Waals surface area contributed by atoms with E-state index in [-0.39, 0.29) is 24.2 Å². The van der Waals surface area contributed by atoms with Gasteiger partial charge in [-0.05, 0) is 25.0 Å². The molecule has 2 aromatic heterocycles. The van der Waals surface area contributed by atoms with Crippen LogP contribution in [-0.2, 0) is 16.1 Å². The van der Waals surface area contributed by atoms with Crippen molar-refractivity contribution in [3.8, 4) is 11.6 Å². The summed E-state index contributed by atoms with van der Waals surface area (Å²) in [6, 6.07) is 3.65. The van der Waals surface area contributed by atoms with Gasteiger partial charge in [0.15, 0.2) is 5.76 Å². The van der Waals surface area contributed by atoms with Crippen LogP contribution in [0.1, 0.15) is 18.9 Å². The van der Waals surface area contributed by atoms with Crippen LogP contribution in [0.2, 0.25) is 0 Å². The Balaban J connectivity index is 1.82. The van der Waals surface area contributed by atoms with Gasteiger partial charge in [-0.15, -0.1) is 5.10 Å². The second-order valence-corrected chi connectivity index (χ2v) is 5.19. The van der Waals surface area contributed by atoms with E-state index in [4.69, 9.17) is 9.15 Å². The fraction of sp³-hybridized carbons (Fsp3) is 0.500. The number of hydrogen-bond donors (Lipinski definition) is 1. The normalized spacial score (nSPS) is 14.2. The van der Waals surface area contributed by atoms with Crippen LogP contribution in [0.4, 0.5) is 0 Å². The average molecular weight is 306 g/mol. The zero-order chi connectivity index (χ0) is 15.5. The summed E-state index contributed by atoms with van der Waals surface area (Å²) in [6.45, 7) is 0.712. The predicted octanol–water partition coefficient (Wildman–Crippen LogP) is 0.402. The molecule has 0 spiro atoms. The molecule has 1 amide bonds. The Morgan fingerprint density at radius 1 is 1.55 bits per heavy atom. The van der Waals surface area contributed by atoms with Gasteiger partial charge < -0.3 is 14.5 Å². The predicted molar refractivity (Wildman–Crippen MR) is 77.3 cm³/mol. The summed E-state index contributed by atoms with van der Waals surface area (Å²) in [5, 5.41) is 6.93. The van der Waals surface area contributed by atoms with Crippen LogP contribution >= 0.6 is 0 Å². The fourth-order valence-electron chi connectivity index (χ4n) is 2.24. The summed E-state index contributed by atoms with van der Waals surface area (Å²) >= 11 is 0. The van der Waals surface area contributed by atoms with Crippen LogP contribution in [0, 0.1) is 0 Å². The van der Waals surface area contributed by atoms with E-state index in [1.54, 1.807) is 23.8 Å². The summed E-state index contributed by atoms with van der Waals surface area (Å²) in [6.07, 6.45) is 3.42. The molecule has 0 radical (unpaired) electrons. The topological polar surface area (TPSA) is 91.3 Å². The van der Waals surface area contributed by atoms with Crippen LogP contribution in [0.15, 0.2) is 27.6 Å². The second kappa shape index (κ2) is 6.18. The van der Waals surface area contributed by atoms with Crippen molar-refractivity contribution in [1.82, 2.24) is 19.7 Å². The Hall–Kier alpha value is -2.35. The number of nitrogens with zero attached hydrogens (tertiary/aromatic N) is 3. The van der Waals surface area contributed by atoms with Crippen molar-refractivity contribution in [1.29, 1.82) is 0 Å². The molecule has 8 nitrogen and oxygen atoms in total. The first kappa shape index (κ1) is 14.6. The number of carbonyl (C=O) groups excluding carboxylic acids is 1. The van der Waals surface area contributed by atoms with Crippen molar-refractivity contribution in [2.24, 2.45) is 0 Å². The average Bonchev–Trinajstić information content (AvgIpc) is 3.08. The molecule has 2 aromatic rings. The number of aromatic nitrogens is 3. The van der Waals surface area contributed by atoms with E-state index in [0.29, 0.717) is 24.7 Å². The molecule has 22 heavy (non-hydrogen) atoms. The maximum absolute atomic E-state index is 12.4. The van der Waals surface area contributed by atoms with E-state index < -0.39 is 0 Å². The molecule has 0 atom stereocenters. The summed E-state index contributed by atoms with van der Waals surface area (Å²) < 4.78 is 13.0. The molecule has 0 bridgehead atoms. The third kappa shape index (κ3) is 2.96. The molecule has 3 rings (SSSR count). The van der Waals surface area contributed by atoms with E-state index in [0.717, 1.165) is 12.8 Å². The molecule has 1 N–H and O–H groups in total. The molecule has 0 saturated heterocycles. The Kier molecular flexibility index (Phi) is 4.10. The highest BCUT2D eigenvalue weighted by Crippen LogP contribution is 2.36. The Bertz CT molecular complexity index is 697. The first-order chi connectivity index (χ1) is 10.7. The zero-order valence-electron chi connectivity index (χ0n) is 12.3. The monoisotopic (exact) mass is 306 g/mol. The van der Waals surface area contributed by atoms with E-state index >= 15 is 0 Å². The van der Waals surface area contributed by atoms with Crippen molar-refractivity contribution in [3.05, 3.63) is 28.9 Å².